The molecule has 2 unspecified atom stereocenters. The highest BCUT2D eigenvalue weighted by Gasteiger charge is 2.21. The van der Waals surface area contributed by atoms with Crippen molar-refractivity contribution in [2.75, 3.05) is 20.3 Å². The third-order valence-corrected chi connectivity index (χ3v) is 5.35. The summed E-state index contributed by atoms with van der Waals surface area (Å²) in [6.07, 6.45) is 9.65. The standard InChI is InChI=1S/C24H38F2O3/c1-7-10-21-14-12-19(16-29-21)15-28-20(8-2)13-11-17(4)22(9-3)24(26)23(25)18(5)27-6/h11,13,19,21H,7-10,12,14-16H2,1-6H3/b17-11+,20-13+,23-18-,24-22-. The van der Waals surface area contributed by atoms with Crippen LogP contribution >= 0.6 is 0 Å². The molecule has 0 saturated carbocycles. The van der Waals surface area contributed by atoms with Gasteiger partial charge in [0.15, 0.2) is 11.7 Å². The molecule has 0 radical (unpaired) electrons. The van der Waals surface area contributed by atoms with Crippen molar-refractivity contribution in [2.24, 2.45) is 5.92 Å². The summed E-state index contributed by atoms with van der Waals surface area (Å²) in [6, 6.07) is 0. The molecule has 1 fully saturated rings. The van der Waals surface area contributed by atoms with Gasteiger partial charge in [-0.25, -0.2) is 8.78 Å². The molecule has 1 rings (SSSR count). The Hall–Kier alpha value is -1.62. The highest BCUT2D eigenvalue weighted by Crippen LogP contribution is 2.28. The van der Waals surface area contributed by atoms with Gasteiger partial charge in [0.25, 0.3) is 0 Å². The number of ether oxygens (including phenoxy) is 3. The summed E-state index contributed by atoms with van der Waals surface area (Å²) in [5.41, 5.74) is 0.996. The molecule has 0 bridgehead atoms. The smallest absolute Gasteiger partial charge is 0.196 e. The normalized spacial score (nSPS) is 22.8. The maximum Gasteiger partial charge on any atom is 0.196 e. The van der Waals surface area contributed by atoms with Crippen LogP contribution in [-0.2, 0) is 14.2 Å². The van der Waals surface area contributed by atoms with Gasteiger partial charge in [0.1, 0.15) is 5.76 Å². The molecule has 0 aromatic carbocycles. The monoisotopic (exact) mass is 412 g/mol. The summed E-state index contributed by atoms with van der Waals surface area (Å²) < 4.78 is 45.3. The lowest BCUT2D eigenvalue weighted by atomic mass is 9.97. The predicted molar refractivity (Wildman–Crippen MR) is 115 cm³/mol. The first-order valence-electron chi connectivity index (χ1n) is 10.8. The molecule has 0 amide bonds. The average Bonchev–Trinajstić information content (AvgIpc) is 2.74. The Morgan fingerprint density at radius 3 is 2.28 bits per heavy atom. The molecule has 2 atom stereocenters. The number of allylic oxidation sites excluding steroid dienone is 8. The van der Waals surface area contributed by atoms with Gasteiger partial charge >= 0.3 is 0 Å². The third kappa shape index (κ3) is 8.33. The number of methoxy groups -OCH3 is 1. The molecular weight excluding hydrogens is 374 g/mol. The van der Waals surface area contributed by atoms with E-state index in [0.717, 1.165) is 44.5 Å². The molecule has 0 aliphatic carbocycles. The van der Waals surface area contributed by atoms with Gasteiger partial charge < -0.3 is 14.2 Å². The van der Waals surface area contributed by atoms with Crippen molar-refractivity contribution in [2.45, 2.75) is 79.2 Å². The molecule has 1 aliphatic heterocycles. The lowest BCUT2D eigenvalue weighted by molar-refractivity contribution is -0.0377. The summed E-state index contributed by atoms with van der Waals surface area (Å²) in [5.74, 6) is -0.645. The van der Waals surface area contributed by atoms with Crippen LogP contribution in [0.3, 0.4) is 0 Å². The number of halogens is 2. The zero-order valence-electron chi connectivity index (χ0n) is 18.9. The van der Waals surface area contributed by atoms with Gasteiger partial charge in [-0.15, -0.1) is 0 Å². The van der Waals surface area contributed by atoms with E-state index in [1.807, 2.05) is 13.0 Å². The second kappa shape index (κ2) is 13.6. The second-order valence-electron chi connectivity index (χ2n) is 7.55. The van der Waals surface area contributed by atoms with E-state index in [-0.39, 0.29) is 5.76 Å². The minimum absolute atomic E-state index is 0.0646. The molecule has 0 aromatic rings. The van der Waals surface area contributed by atoms with E-state index in [1.165, 1.54) is 14.0 Å². The average molecular weight is 413 g/mol. The first-order valence-corrected chi connectivity index (χ1v) is 10.8. The van der Waals surface area contributed by atoms with Crippen molar-refractivity contribution in [3.63, 3.8) is 0 Å². The van der Waals surface area contributed by atoms with Gasteiger partial charge in [0.2, 0.25) is 0 Å². The Balaban J connectivity index is 2.76. The van der Waals surface area contributed by atoms with E-state index in [4.69, 9.17) is 14.2 Å². The van der Waals surface area contributed by atoms with E-state index >= 15 is 0 Å². The van der Waals surface area contributed by atoms with Gasteiger partial charge in [-0.1, -0.05) is 33.3 Å². The topological polar surface area (TPSA) is 27.7 Å². The summed E-state index contributed by atoms with van der Waals surface area (Å²) >= 11 is 0. The minimum atomic E-state index is -0.952. The first-order chi connectivity index (χ1) is 13.9. The molecule has 0 N–H and O–H groups in total. The van der Waals surface area contributed by atoms with Crippen molar-refractivity contribution >= 4 is 0 Å². The number of hydrogen-bond acceptors (Lipinski definition) is 3. The SMILES string of the molecule is CCCC1CCC(CO/C(=C/C=C(C)/C(CC)=C(F)/C(F)=C(\C)OC)CC)CO1. The maximum absolute atomic E-state index is 14.5. The van der Waals surface area contributed by atoms with Crippen LogP contribution < -0.4 is 0 Å². The summed E-state index contributed by atoms with van der Waals surface area (Å²) in [5, 5.41) is 0. The highest BCUT2D eigenvalue weighted by atomic mass is 19.2. The Bertz CT molecular complexity index is 624. The molecule has 0 aromatic heterocycles. The van der Waals surface area contributed by atoms with Crippen molar-refractivity contribution in [1.82, 2.24) is 0 Å². The Morgan fingerprint density at radius 2 is 1.76 bits per heavy atom. The van der Waals surface area contributed by atoms with E-state index in [9.17, 15) is 8.78 Å². The van der Waals surface area contributed by atoms with Crippen molar-refractivity contribution in [3.05, 3.63) is 46.5 Å². The molecular formula is C24H38F2O3. The van der Waals surface area contributed by atoms with E-state index < -0.39 is 11.7 Å². The molecule has 0 spiro atoms. The van der Waals surface area contributed by atoms with Gasteiger partial charge in [0.05, 0.1) is 32.2 Å². The zero-order chi connectivity index (χ0) is 21.8. The molecule has 1 saturated heterocycles. The highest BCUT2D eigenvalue weighted by molar-refractivity contribution is 5.40. The van der Waals surface area contributed by atoms with Crippen LogP contribution in [0.4, 0.5) is 8.78 Å². The number of rotatable bonds is 11. The maximum atomic E-state index is 14.5. The second-order valence-corrected chi connectivity index (χ2v) is 7.55. The fourth-order valence-electron chi connectivity index (χ4n) is 3.34. The van der Waals surface area contributed by atoms with Crippen LogP contribution in [0, 0.1) is 5.92 Å². The minimum Gasteiger partial charge on any atom is -0.498 e. The lowest BCUT2D eigenvalue weighted by Gasteiger charge is -2.29. The fourth-order valence-corrected chi connectivity index (χ4v) is 3.34. The molecule has 1 heterocycles. The largest absolute Gasteiger partial charge is 0.498 e. The van der Waals surface area contributed by atoms with E-state index in [2.05, 4.69) is 6.92 Å². The molecule has 5 heteroatoms. The van der Waals surface area contributed by atoms with Crippen LogP contribution in [0.2, 0.25) is 0 Å². The van der Waals surface area contributed by atoms with E-state index in [0.29, 0.717) is 36.2 Å². The number of hydrogen-bond donors (Lipinski definition) is 0. The van der Waals surface area contributed by atoms with Crippen molar-refractivity contribution in [3.8, 4) is 0 Å². The Labute approximate surface area is 175 Å². The van der Waals surface area contributed by atoms with Crippen molar-refractivity contribution in [1.29, 1.82) is 0 Å². The summed E-state index contributed by atoms with van der Waals surface area (Å²) in [6.45, 7) is 10.6. The molecule has 166 valence electrons. The van der Waals surface area contributed by atoms with Gasteiger partial charge in [-0.3, -0.25) is 0 Å². The van der Waals surface area contributed by atoms with Gasteiger partial charge in [-0.05, 0) is 56.8 Å². The van der Waals surface area contributed by atoms with E-state index in [1.54, 1.807) is 19.9 Å². The Morgan fingerprint density at radius 1 is 1.03 bits per heavy atom. The van der Waals surface area contributed by atoms with Crippen LogP contribution in [0.1, 0.15) is 73.1 Å². The van der Waals surface area contributed by atoms with Crippen LogP contribution in [0.25, 0.3) is 0 Å². The fraction of sp³-hybridized carbons (Fsp3) is 0.667. The van der Waals surface area contributed by atoms with Gasteiger partial charge in [0, 0.05) is 12.3 Å². The zero-order valence-corrected chi connectivity index (χ0v) is 18.9. The molecule has 1 aliphatic rings. The quantitative estimate of drug-likeness (QED) is 0.263. The predicted octanol–water partition coefficient (Wildman–Crippen LogP) is 7.32. The van der Waals surface area contributed by atoms with Crippen LogP contribution in [0.15, 0.2) is 46.5 Å². The van der Waals surface area contributed by atoms with Crippen LogP contribution in [-0.4, -0.2) is 26.4 Å². The van der Waals surface area contributed by atoms with Crippen molar-refractivity contribution < 1.29 is 23.0 Å². The lowest BCUT2D eigenvalue weighted by Crippen LogP contribution is -2.28. The summed E-state index contributed by atoms with van der Waals surface area (Å²) in [7, 11) is 1.32. The van der Waals surface area contributed by atoms with Crippen LogP contribution in [0.5, 0.6) is 0 Å². The third-order valence-electron chi connectivity index (χ3n) is 5.35. The summed E-state index contributed by atoms with van der Waals surface area (Å²) in [4.78, 5) is 0. The molecule has 29 heavy (non-hydrogen) atoms. The Kier molecular flexibility index (Phi) is 11.9. The molecule has 3 nitrogen and oxygen atoms in total. The van der Waals surface area contributed by atoms with Gasteiger partial charge in [-0.2, -0.15) is 0 Å². The first kappa shape index (κ1) is 25.4.